The van der Waals surface area contributed by atoms with Gasteiger partial charge in [0.25, 0.3) is 5.56 Å². The number of hydrogen-bond donors (Lipinski definition) is 1. The van der Waals surface area contributed by atoms with Gasteiger partial charge in [0.2, 0.25) is 0 Å². The molecule has 0 radical (unpaired) electrons. The topological polar surface area (TPSA) is 82.5 Å². The van der Waals surface area contributed by atoms with Crippen LogP contribution in [0, 0.1) is 5.41 Å². The number of rotatable bonds is 3. The van der Waals surface area contributed by atoms with Gasteiger partial charge in [0.15, 0.2) is 6.23 Å². The summed E-state index contributed by atoms with van der Waals surface area (Å²) in [4.78, 5) is 25.8. The third-order valence-corrected chi connectivity index (χ3v) is 4.41. The Hall–Kier alpha value is -1.44. The fourth-order valence-corrected chi connectivity index (χ4v) is 3.84. The fraction of sp³-hybridized carbons (Fsp3) is 0.778. The first-order valence-corrected chi connectivity index (χ1v) is 8.69. The Kier molecular flexibility index (Phi) is 4.25. The van der Waals surface area contributed by atoms with E-state index in [1.54, 1.807) is 0 Å². The van der Waals surface area contributed by atoms with Crippen LogP contribution in [0.1, 0.15) is 54.2 Å². The zero-order chi connectivity index (χ0) is 18.6. The summed E-state index contributed by atoms with van der Waals surface area (Å²) in [6.45, 7) is 12.9. The van der Waals surface area contributed by atoms with Crippen molar-refractivity contribution in [1.82, 2.24) is 9.55 Å². The molecule has 2 bridgehead atoms. The van der Waals surface area contributed by atoms with E-state index in [1.807, 2.05) is 20.8 Å². The smallest absolute Gasteiger partial charge is 0.330 e. The molecule has 1 aromatic heterocycles. The number of hydrogen-bond acceptors (Lipinski definition) is 5. The molecule has 1 unspecified atom stereocenters. The Balaban J connectivity index is 2.00. The molecule has 3 heterocycles. The lowest BCUT2D eigenvalue weighted by Gasteiger charge is -2.38. The first kappa shape index (κ1) is 18.4. The van der Waals surface area contributed by atoms with Gasteiger partial charge in [0.05, 0.1) is 12.2 Å². The van der Waals surface area contributed by atoms with Crippen LogP contribution in [0.15, 0.2) is 21.9 Å². The van der Waals surface area contributed by atoms with Crippen molar-refractivity contribution >= 4 is 0 Å². The summed E-state index contributed by atoms with van der Waals surface area (Å²) < 4.78 is 20.1. The molecule has 0 saturated carbocycles. The van der Waals surface area contributed by atoms with Gasteiger partial charge in [0, 0.05) is 12.3 Å². The molecule has 140 valence electrons. The van der Waals surface area contributed by atoms with E-state index in [0.717, 1.165) is 6.42 Å². The van der Waals surface area contributed by atoms with E-state index in [0.29, 0.717) is 6.61 Å². The molecule has 7 nitrogen and oxygen atoms in total. The molecule has 2 aliphatic heterocycles. The maximum Gasteiger partial charge on any atom is 0.330 e. The lowest BCUT2D eigenvalue weighted by molar-refractivity contribution is -0.189. The quantitative estimate of drug-likeness (QED) is 0.897. The summed E-state index contributed by atoms with van der Waals surface area (Å²) in [6, 6.07) is 1.31. The molecule has 0 aliphatic carbocycles. The van der Waals surface area contributed by atoms with Crippen molar-refractivity contribution in [3.8, 4) is 0 Å². The second-order valence-corrected chi connectivity index (χ2v) is 9.25. The first-order valence-electron chi connectivity index (χ1n) is 8.69. The highest BCUT2D eigenvalue weighted by atomic mass is 16.7. The van der Waals surface area contributed by atoms with Crippen LogP contribution in [-0.2, 0) is 14.2 Å². The number of ether oxygens (including phenoxy) is 3. The van der Waals surface area contributed by atoms with Crippen molar-refractivity contribution in [2.75, 3.05) is 6.61 Å². The standard InChI is InChI=1S/C18H28N2O5/c1-16(2,3)9-18-10-23-12(13(18)24-17(4,5)6)14(25-18)20-8-7-11(21)19-15(20)22/h7-8,12-14H,9-10H2,1-6H3,(H,19,21,22)/t12-,13?,14+,18+/m0/s1. The van der Waals surface area contributed by atoms with E-state index in [9.17, 15) is 9.59 Å². The number of fused-ring (bicyclic) bond motifs is 2. The molecular weight excluding hydrogens is 324 g/mol. The Morgan fingerprint density at radius 2 is 1.96 bits per heavy atom. The van der Waals surface area contributed by atoms with Crippen LogP contribution in [0.3, 0.4) is 0 Å². The Morgan fingerprint density at radius 1 is 1.28 bits per heavy atom. The number of aromatic nitrogens is 2. The fourth-order valence-electron chi connectivity index (χ4n) is 3.84. The minimum Gasteiger partial charge on any atom is -0.368 e. The average Bonchev–Trinajstić information content (AvgIpc) is 2.85. The van der Waals surface area contributed by atoms with E-state index < -0.39 is 29.2 Å². The van der Waals surface area contributed by atoms with Crippen LogP contribution in [0.4, 0.5) is 0 Å². The second-order valence-electron chi connectivity index (χ2n) is 9.25. The van der Waals surface area contributed by atoms with Gasteiger partial charge in [0.1, 0.15) is 17.8 Å². The van der Waals surface area contributed by atoms with Crippen LogP contribution < -0.4 is 11.2 Å². The monoisotopic (exact) mass is 352 g/mol. The second kappa shape index (κ2) is 5.79. The van der Waals surface area contributed by atoms with Gasteiger partial charge >= 0.3 is 5.69 Å². The van der Waals surface area contributed by atoms with Gasteiger partial charge in [-0.25, -0.2) is 4.79 Å². The maximum absolute atomic E-state index is 12.2. The number of nitrogens with zero attached hydrogens (tertiary/aromatic N) is 1. The zero-order valence-electron chi connectivity index (χ0n) is 15.8. The van der Waals surface area contributed by atoms with Crippen molar-refractivity contribution in [2.24, 2.45) is 5.41 Å². The highest BCUT2D eigenvalue weighted by Crippen LogP contribution is 2.51. The SMILES string of the molecule is CC(C)(C)C[C@@]12CO[C@@H](C1OC(C)(C)C)[C@H](n1ccc(=O)[nH]c1=O)O2. The predicted octanol–water partition coefficient (Wildman–Crippen LogP) is 1.82. The van der Waals surface area contributed by atoms with Crippen LogP contribution in [0.2, 0.25) is 0 Å². The van der Waals surface area contributed by atoms with Crippen LogP contribution >= 0.6 is 0 Å². The Morgan fingerprint density at radius 3 is 2.52 bits per heavy atom. The van der Waals surface area contributed by atoms with Gasteiger partial charge in [-0.05, 0) is 32.6 Å². The molecule has 0 spiro atoms. The lowest BCUT2D eigenvalue weighted by atomic mass is 9.80. The summed E-state index contributed by atoms with van der Waals surface area (Å²) in [5.74, 6) is 0. The van der Waals surface area contributed by atoms with E-state index in [1.165, 1.54) is 16.8 Å². The first-order chi connectivity index (χ1) is 11.4. The van der Waals surface area contributed by atoms with E-state index in [4.69, 9.17) is 14.2 Å². The molecule has 3 rings (SSSR count). The molecule has 1 N–H and O–H groups in total. The summed E-state index contributed by atoms with van der Waals surface area (Å²) >= 11 is 0. The van der Waals surface area contributed by atoms with Crippen molar-refractivity contribution < 1.29 is 14.2 Å². The summed E-state index contributed by atoms with van der Waals surface area (Å²) in [5.41, 5.74) is -1.92. The van der Waals surface area contributed by atoms with Crippen LogP contribution in [0.5, 0.6) is 0 Å². The van der Waals surface area contributed by atoms with Gasteiger partial charge in [-0.2, -0.15) is 0 Å². The van der Waals surface area contributed by atoms with Crippen molar-refractivity contribution in [3.05, 3.63) is 33.1 Å². The van der Waals surface area contributed by atoms with Gasteiger partial charge < -0.3 is 14.2 Å². The van der Waals surface area contributed by atoms with Crippen molar-refractivity contribution in [1.29, 1.82) is 0 Å². The third kappa shape index (κ3) is 3.59. The molecule has 4 atom stereocenters. The lowest BCUT2D eigenvalue weighted by Crippen LogP contribution is -2.47. The molecule has 2 saturated heterocycles. The molecule has 2 aliphatic rings. The molecule has 0 amide bonds. The van der Waals surface area contributed by atoms with E-state index in [-0.39, 0.29) is 17.1 Å². The summed E-state index contributed by atoms with van der Waals surface area (Å²) in [6.07, 6.45) is 0.897. The minimum atomic E-state index is -0.618. The van der Waals surface area contributed by atoms with Crippen LogP contribution in [0.25, 0.3) is 0 Å². The zero-order valence-corrected chi connectivity index (χ0v) is 15.8. The van der Waals surface area contributed by atoms with Gasteiger partial charge in [-0.3, -0.25) is 14.3 Å². The Labute approximate surface area is 147 Å². The molecule has 2 fully saturated rings. The molecule has 0 aromatic carbocycles. The van der Waals surface area contributed by atoms with E-state index in [2.05, 4.69) is 25.8 Å². The highest BCUT2D eigenvalue weighted by Gasteiger charge is 2.64. The number of H-pyrrole nitrogens is 1. The molecule has 25 heavy (non-hydrogen) atoms. The minimum absolute atomic E-state index is 0.00258. The number of nitrogens with one attached hydrogen (secondary N) is 1. The maximum atomic E-state index is 12.2. The summed E-state index contributed by atoms with van der Waals surface area (Å²) in [5, 5.41) is 0. The van der Waals surface area contributed by atoms with Crippen LogP contribution in [-0.4, -0.2) is 39.6 Å². The summed E-state index contributed by atoms with van der Waals surface area (Å²) in [7, 11) is 0. The molecular formula is C18H28N2O5. The van der Waals surface area contributed by atoms with Crippen molar-refractivity contribution in [3.63, 3.8) is 0 Å². The van der Waals surface area contributed by atoms with Gasteiger partial charge in [-0.1, -0.05) is 20.8 Å². The predicted molar refractivity (Wildman–Crippen MR) is 92.6 cm³/mol. The molecule has 1 aromatic rings. The van der Waals surface area contributed by atoms with Gasteiger partial charge in [-0.15, -0.1) is 0 Å². The third-order valence-electron chi connectivity index (χ3n) is 4.41. The highest BCUT2D eigenvalue weighted by molar-refractivity contribution is 5.10. The normalized spacial score (nSPS) is 32.3. The van der Waals surface area contributed by atoms with E-state index >= 15 is 0 Å². The largest absolute Gasteiger partial charge is 0.368 e. The Bertz CT molecular complexity index is 754. The number of aromatic amines is 1. The van der Waals surface area contributed by atoms with Crippen molar-refractivity contribution in [2.45, 2.75) is 77.6 Å². The molecule has 7 heteroatoms. The average molecular weight is 352 g/mol.